The van der Waals surface area contributed by atoms with Crippen LogP contribution < -0.4 is 15.8 Å². The van der Waals surface area contributed by atoms with Crippen LogP contribution in [0.15, 0.2) is 48.5 Å². The van der Waals surface area contributed by atoms with Crippen LogP contribution in [-0.4, -0.2) is 17.5 Å². The zero-order valence-electron chi connectivity index (χ0n) is 11.6. The van der Waals surface area contributed by atoms with E-state index in [9.17, 15) is 4.79 Å². The molecular weight excluding hydrogens is 284 g/mol. The van der Waals surface area contributed by atoms with E-state index in [0.29, 0.717) is 16.3 Å². The first kappa shape index (κ1) is 15.0. The minimum atomic E-state index is -0.218. The number of hydrogen-bond acceptors (Lipinski definition) is 3. The molecule has 21 heavy (non-hydrogen) atoms. The lowest BCUT2D eigenvalue weighted by molar-refractivity contribution is -0.118. The molecule has 0 unspecified atom stereocenters. The molecule has 0 radical (unpaired) electrons. The molecular formula is C16H16N2O2S. The van der Waals surface area contributed by atoms with E-state index in [2.05, 4.69) is 5.32 Å². The van der Waals surface area contributed by atoms with Crippen LogP contribution in [0.2, 0.25) is 0 Å². The van der Waals surface area contributed by atoms with Crippen molar-refractivity contribution in [2.24, 2.45) is 5.73 Å². The number of nitrogens with one attached hydrogen (secondary N) is 1. The average molecular weight is 300 g/mol. The molecule has 0 aliphatic carbocycles. The van der Waals surface area contributed by atoms with Crippen molar-refractivity contribution in [2.45, 2.75) is 6.92 Å². The van der Waals surface area contributed by atoms with Gasteiger partial charge in [-0.25, -0.2) is 0 Å². The van der Waals surface area contributed by atoms with Gasteiger partial charge in [0.1, 0.15) is 10.7 Å². The maximum atomic E-state index is 11.9. The first-order valence-electron chi connectivity index (χ1n) is 6.44. The molecule has 2 aromatic carbocycles. The number of thiocarbonyl (C=S) groups is 1. The summed E-state index contributed by atoms with van der Waals surface area (Å²) < 4.78 is 5.44. The van der Waals surface area contributed by atoms with Crippen molar-refractivity contribution >= 4 is 28.8 Å². The van der Waals surface area contributed by atoms with Crippen molar-refractivity contribution in [1.29, 1.82) is 0 Å². The summed E-state index contributed by atoms with van der Waals surface area (Å²) in [4.78, 5) is 12.2. The van der Waals surface area contributed by atoms with Crippen LogP contribution in [0.4, 0.5) is 5.69 Å². The summed E-state index contributed by atoms with van der Waals surface area (Å²) in [5.41, 5.74) is 8.05. The largest absolute Gasteiger partial charge is 0.484 e. The van der Waals surface area contributed by atoms with E-state index in [1.807, 2.05) is 31.2 Å². The summed E-state index contributed by atoms with van der Waals surface area (Å²) in [7, 11) is 0. The Morgan fingerprint density at radius 3 is 2.71 bits per heavy atom. The molecule has 0 aliphatic heterocycles. The number of nitrogens with two attached hydrogens (primary N) is 1. The number of carbonyl (C=O) groups excluding carboxylic acids is 1. The molecule has 0 spiro atoms. The van der Waals surface area contributed by atoms with Gasteiger partial charge in [-0.05, 0) is 30.7 Å². The Labute approximate surface area is 128 Å². The Hall–Kier alpha value is -2.40. The third-order valence-corrected chi connectivity index (χ3v) is 3.14. The summed E-state index contributed by atoms with van der Waals surface area (Å²) in [6.45, 7) is 1.86. The van der Waals surface area contributed by atoms with Crippen molar-refractivity contribution in [3.05, 3.63) is 59.7 Å². The maximum absolute atomic E-state index is 11.9. The van der Waals surface area contributed by atoms with Crippen LogP contribution in [0.1, 0.15) is 11.1 Å². The second-order valence-electron chi connectivity index (χ2n) is 4.54. The summed E-state index contributed by atoms with van der Waals surface area (Å²) in [6, 6.07) is 14.6. The molecule has 0 heterocycles. The first-order chi connectivity index (χ1) is 10.1. The smallest absolute Gasteiger partial charge is 0.262 e. The van der Waals surface area contributed by atoms with E-state index in [1.165, 1.54) is 0 Å². The van der Waals surface area contributed by atoms with E-state index in [4.69, 9.17) is 22.7 Å². The van der Waals surface area contributed by atoms with Gasteiger partial charge in [0.2, 0.25) is 0 Å². The number of hydrogen-bond donors (Lipinski definition) is 2. The maximum Gasteiger partial charge on any atom is 0.262 e. The molecule has 1 amide bonds. The minimum absolute atomic E-state index is 0.0743. The van der Waals surface area contributed by atoms with Crippen LogP contribution in [-0.2, 0) is 4.79 Å². The Morgan fingerprint density at radius 2 is 2.00 bits per heavy atom. The Bertz CT molecular complexity index is 671. The van der Waals surface area contributed by atoms with Gasteiger partial charge in [-0.3, -0.25) is 4.79 Å². The van der Waals surface area contributed by atoms with Crippen molar-refractivity contribution in [3.8, 4) is 5.75 Å². The van der Waals surface area contributed by atoms with E-state index >= 15 is 0 Å². The molecule has 4 nitrogen and oxygen atoms in total. The molecule has 0 aromatic heterocycles. The summed E-state index contributed by atoms with van der Waals surface area (Å²) in [6.07, 6.45) is 0. The van der Waals surface area contributed by atoms with Crippen molar-refractivity contribution < 1.29 is 9.53 Å². The molecule has 3 N–H and O–H groups in total. The topological polar surface area (TPSA) is 64.3 Å². The monoisotopic (exact) mass is 300 g/mol. The van der Waals surface area contributed by atoms with Gasteiger partial charge in [-0.15, -0.1) is 0 Å². The first-order valence-corrected chi connectivity index (χ1v) is 6.85. The highest BCUT2D eigenvalue weighted by molar-refractivity contribution is 7.80. The van der Waals surface area contributed by atoms with Crippen molar-refractivity contribution in [3.63, 3.8) is 0 Å². The zero-order valence-corrected chi connectivity index (χ0v) is 12.4. The third kappa shape index (κ3) is 4.29. The van der Waals surface area contributed by atoms with Crippen LogP contribution in [0, 0.1) is 6.92 Å². The fourth-order valence-corrected chi connectivity index (χ4v) is 1.91. The predicted octanol–water partition coefficient (Wildman–Crippen LogP) is 2.65. The number of anilines is 1. The van der Waals surface area contributed by atoms with Crippen LogP contribution in [0.25, 0.3) is 0 Å². The number of rotatable bonds is 5. The number of ether oxygens (including phenoxy) is 1. The van der Waals surface area contributed by atoms with Crippen LogP contribution in [0.5, 0.6) is 5.75 Å². The Kier molecular flexibility index (Phi) is 4.90. The lowest BCUT2D eigenvalue weighted by Crippen LogP contribution is -2.20. The lowest BCUT2D eigenvalue weighted by Gasteiger charge is -2.10. The Balaban J connectivity index is 1.94. The molecule has 0 saturated carbocycles. The second-order valence-corrected chi connectivity index (χ2v) is 4.98. The van der Waals surface area contributed by atoms with E-state index in [1.54, 1.807) is 24.3 Å². The number of benzene rings is 2. The van der Waals surface area contributed by atoms with Gasteiger partial charge < -0.3 is 15.8 Å². The molecule has 0 saturated heterocycles. The number of aryl methyl sites for hydroxylation is 1. The summed E-state index contributed by atoms with van der Waals surface area (Å²) in [5, 5.41) is 2.80. The predicted molar refractivity (Wildman–Crippen MR) is 87.6 cm³/mol. The average Bonchev–Trinajstić information content (AvgIpc) is 2.48. The highest BCUT2D eigenvalue weighted by Crippen LogP contribution is 2.15. The van der Waals surface area contributed by atoms with E-state index < -0.39 is 0 Å². The van der Waals surface area contributed by atoms with Gasteiger partial charge in [0, 0.05) is 11.3 Å². The molecule has 0 fully saturated rings. The number of carbonyl (C=O) groups is 1. The quantitative estimate of drug-likeness (QED) is 0.833. The van der Waals surface area contributed by atoms with Gasteiger partial charge in [-0.1, -0.05) is 42.5 Å². The normalized spacial score (nSPS) is 9.95. The van der Waals surface area contributed by atoms with E-state index in [0.717, 1.165) is 11.3 Å². The molecule has 0 atom stereocenters. The van der Waals surface area contributed by atoms with E-state index in [-0.39, 0.29) is 12.5 Å². The molecule has 5 heteroatoms. The molecule has 2 aromatic rings. The molecule has 0 aliphatic rings. The minimum Gasteiger partial charge on any atom is -0.484 e. The zero-order chi connectivity index (χ0) is 15.2. The number of para-hydroxylation sites is 1. The Morgan fingerprint density at radius 1 is 1.24 bits per heavy atom. The SMILES string of the molecule is Cc1ccccc1NC(=O)COc1cccc(C(N)=S)c1. The standard InChI is InChI=1S/C16H16N2O2S/c1-11-5-2-3-8-14(11)18-15(19)10-20-13-7-4-6-12(9-13)16(17)21/h2-9H,10H2,1H3,(H2,17,21)(H,18,19). The number of amides is 1. The van der Waals surface area contributed by atoms with Crippen LogP contribution in [0.3, 0.4) is 0 Å². The van der Waals surface area contributed by atoms with Gasteiger partial charge in [0.15, 0.2) is 6.61 Å². The van der Waals surface area contributed by atoms with Gasteiger partial charge in [0.25, 0.3) is 5.91 Å². The molecule has 2 rings (SSSR count). The van der Waals surface area contributed by atoms with Gasteiger partial charge in [0.05, 0.1) is 0 Å². The fourth-order valence-electron chi connectivity index (χ4n) is 1.79. The highest BCUT2D eigenvalue weighted by atomic mass is 32.1. The molecule has 108 valence electrons. The summed E-state index contributed by atoms with van der Waals surface area (Å²) >= 11 is 4.90. The van der Waals surface area contributed by atoms with Gasteiger partial charge >= 0.3 is 0 Å². The van der Waals surface area contributed by atoms with Crippen LogP contribution >= 0.6 is 12.2 Å². The van der Waals surface area contributed by atoms with Gasteiger partial charge in [-0.2, -0.15) is 0 Å². The highest BCUT2D eigenvalue weighted by Gasteiger charge is 2.06. The lowest BCUT2D eigenvalue weighted by atomic mass is 10.2. The third-order valence-electron chi connectivity index (χ3n) is 2.91. The fraction of sp³-hybridized carbons (Fsp3) is 0.125. The molecule has 0 bridgehead atoms. The van der Waals surface area contributed by atoms with Crippen molar-refractivity contribution in [2.75, 3.05) is 11.9 Å². The second kappa shape index (κ2) is 6.85. The summed E-state index contributed by atoms with van der Waals surface area (Å²) in [5.74, 6) is 0.338. The van der Waals surface area contributed by atoms with Crippen molar-refractivity contribution in [1.82, 2.24) is 0 Å².